The number of hydrogen-bond acceptors (Lipinski definition) is 6. The topological polar surface area (TPSA) is 98.5 Å². The number of nitrogens with zero attached hydrogens (tertiary/aromatic N) is 1. The summed E-state index contributed by atoms with van der Waals surface area (Å²) in [6.07, 6.45) is 1.58. The molecule has 0 saturated heterocycles. The average Bonchev–Trinajstić information content (AvgIpc) is 3.26. The number of nitro groups is 1. The van der Waals surface area contributed by atoms with Crippen LogP contribution in [0.3, 0.4) is 0 Å². The third-order valence-corrected chi connectivity index (χ3v) is 5.90. The maximum atomic E-state index is 13.6. The lowest BCUT2D eigenvalue weighted by atomic mass is 9.89. The molecule has 1 heterocycles. The first-order valence-corrected chi connectivity index (χ1v) is 11.0. The van der Waals surface area contributed by atoms with Gasteiger partial charge in [0.1, 0.15) is 0 Å². The molecule has 1 N–H and O–H groups in total. The minimum atomic E-state index is -1.48. The van der Waals surface area contributed by atoms with Crippen LogP contribution in [-0.2, 0) is 15.1 Å². The second-order valence-corrected chi connectivity index (χ2v) is 8.20. The van der Waals surface area contributed by atoms with Crippen molar-refractivity contribution < 1.29 is 19.2 Å². The molecule has 1 aliphatic heterocycles. The third kappa shape index (κ3) is 4.35. The van der Waals surface area contributed by atoms with Crippen molar-refractivity contribution in [3.05, 3.63) is 122 Å². The highest BCUT2D eigenvalue weighted by Crippen LogP contribution is 2.41. The predicted octanol–water partition coefficient (Wildman–Crippen LogP) is 5.16. The zero-order valence-electron chi connectivity index (χ0n) is 18.2. The lowest BCUT2D eigenvalue weighted by Crippen LogP contribution is -2.46. The Morgan fingerprint density at radius 3 is 2.38 bits per heavy atom. The van der Waals surface area contributed by atoms with Gasteiger partial charge in [-0.15, -0.1) is 0 Å². The number of hydrogen-bond donors (Lipinski definition) is 1. The molecule has 1 aliphatic rings. The maximum Gasteiger partial charge on any atom is 0.335 e. The molecular formula is C26H21ClN2O5. The zero-order chi connectivity index (χ0) is 24.3. The maximum absolute atomic E-state index is 13.6. The summed E-state index contributed by atoms with van der Waals surface area (Å²) in [7, 11) is 0. The van der Waals surface area contributed by atoms with E-state index in [0.717, 1.165) is 0 Å². The quantitative estimate of drug-likeness (QED) is 0.219. The molecule has 0 saturated carbocycles. The van der Waals surface area contributed by atoms with Gasteiger partial charge in [0.25, 0.3) is 5.69 Å². The molecule has 0 bridgehead atoms. The molecule has 0 radical (unpaired) electrons. The van der Waals surface area contributed by atoms with Gasteiger partial charge in [-0.1, -0.05) is 66.2 Å². The number of esters is 1. The predicted molar refractivity (Wildman–Crippen MR) is 128 cm³/mol. The van der Waals surface area contributed by atoms with Gasteiger partial charge in [0.2, 0.25) is 0 Å². The van der Waals surface area contributed by atoms with Gasteiger partial charge >= 0.3 is 5.97 Å². The summed E-state index contributed by atoms with van der Waals surface area (Å²) >= 11 is 6.23. The van der Waals surface area contributed by atoms with Gasteiger partial charge < -0.3 is 4.74 Å². The summed E-state index contributed by atoms with van der Waals surface area (Å²) in [5, 5.41) is 14.8. The SMILES string of the molecule is CCOC(=O)[C@]1(c2cccc(Cl)c2)C=C(C(=O)c2ccccc2)[C@H](c2ccc([N+](=O)[O-])cc2)N1. The van der Waals surface area contributed by atoms with Crippen molar-refractivity contribution in [1.29, 1.82) is 0 Å². The highest BCUT2D eigenvalue weighted by molar-refractivity contribution is 6.30. The Hall–Kier alpha value is -3.81. The first-order chi connectivity index (χ1) is 16.4. The van der Waals surface area contributed by atoms with Crippen LogP contribution in [0, 0.1) is 10.1 Å². The lowest BCUT2D eigenvalue weighted by Gasteiger charge is -2.28. The van der Waals surface area contributed by atoms with Crippen molar-refractivity contribution in [2.45, 2.75) is 18.5 Å². The lowest BCUT2D eigenvalue weighted by molar-refractivity contribution is -0.384. The molecule has 7 nitrogen and oxygen atoms in total. The molecule has 4 rings (SSSR count). The summed E-state index contributed by atoms with van der Waals surface area (Å²) in [4.78, 5) is 37.5. The van der Waals surface area contributed by atoms with Gasteiger partial charge in [-0.05, 0) is 36.3 Å². The Balaban J connectivity index is 1.89. The number of benzene rings is 3. The van der Waals surface area contributed by atoms with Crippen molar-refractivity contribution in [2.75, 3.05) is 6.61 Å². The molecule has 0 aliphatic carbocycles. The first kappa shape index (κ1) is 23.4. The number of non-ortho nitro benzene ring substituents is 1. The van der Waals surface area contributed by atoms with E-state index in [2.05, 4.69) is 5.32 Å². The zero-order valence-corrected chi connectivity index (χ0v) is 19.0. The van der Waals surface area contributed by atoms with Crippen molar-refractivity contribution in [3.63, 3.8) is 0 Å². The van der Waals surface area contributed by atoms with E-state index in [4.69, 9.17) is 16.3 Å². The van der Waals surface area contributed by atoms with Crippen LogP contribution in [0.4, 0.5) is 5.69 Å². The number of ketones is 1. The molecule has 0 unspecified atom stereocenters. The second kappa shape index (κ2) is 9.59. The molecule has 3 aromatic rings. The minimum absolute atomic E-state index is 0.0758. The van der Waals surface area contributed by atoms with E-state index in [9.17, 15) is 19.7 Å². The van der Waals surface area contributed by atoms with E-state index in [0.29, 0.717) is 27.3 Å². The van der Waals surface area contributed by atoms with Gasteiger partial charge in [0.15, 0.2) is 11.3 Å². The number of carbonyl (C=O) groups is 2. The second-order valence-electron chi connectivity index (χ2n) is 7.76. The van der Waals surface area contributed by atoms with Crippen LogP contribution in [0.1, 0.15) is 34.5 Å². The van der Waals surface area contributed by atoms with Crippen LogP contribution in [0.2, 0.25) is 5.02 Å². The number of nitro benzene ring substituents is 1. The summed E-state index contributed by atoms with van der Waals surface area (Å²) in [6.45, 7) is 1.84. The smallest absolute Gasteiger partial charge is 0.335 e. The summed E-state index contributed by atoms with van der Waals surface area (Å²) in [6, 6.07) is 20.6. The number of carbonyl (C=O) groups excluding carboxylic acids is 2. The molecule has 3 aromatic carbocycles. The van der Waals surface area contributed by atoms with Gasteiger partial charge in [0, 0.05) is 28.3 Å². The fourth-order valence-electron chi connectivity index (χ4n) is 4.05. The standard InChI is InChI=1S/C26H21ClN2O5/c1-2-34-25(31)26(19-9-6-10-20(27)15-19)16-22(24(30)18-7-4-3-5-8-18)23(28-26)17-11-13-21(14-12-17)29(32)33/h3-16,23,28H,2H2,1H3/t23-,26+/m0/s1. The Morgan fingerprint density at radius 2 is 1.76 bits per heavy atom. The summed E-state index contributed by atoms with van der Waals surface area (Å²) in [5.74, 6) is -0.857. The van der Waals surface area contributed by atoms with Crippen LogP contribution >= 0.6 is 11.6 Å². The van der Waals surface area contributed by atoms with Gasteiger partial charge in [-0.2, -0.15) is 0 Å². The van der Waals surface area contributed by atoms with E-state index < -0.39 is 22.5 Å². The van der Waals surface area contributed by atoms with Gasteiger partial charge in [-0.3, -0.25) is 20.2 Å². The van der Waals surface area contributed by atoms with Crippen LogP contribution in [-0.4, -0.2) is 23.3 Å². The number of halogens is 1. The van der Waals surface area contributed by atoms with Crippen molar-refractivity contribution >= 4 is 29.0 Å². The molecule has 0 spiro atoms. The van der Waals surface area contributed by atoms with Crippen molar-refractivity contribution in [3.8, 4) is 0 Å². The molecule has 8 heteroatoms. The summed E-state index contributed by atoms with van der Waals surface area (Å²) in [5.41, 5.74) is 0.331. The first-order valence-electron chi connectivity index (χ1n) is 10.6. The molecular weight excluding hydrogens is 456 g/mol. The summed E-state index contributed by atoms with van der Waals surface area (Å²) < 4.78 is 5.40. The molecule has 0 aromatic heterocycles. The third-order valence-electron chi connectivity index (χ3n) is 5.67. The monoisotopic (exact) mass is 476 g/mol. The molecule has 0 fully saturated rings. The molecule has 0 amide bonds. The highest BCUT2D eigenvalue weighted by atomic mass is 35.5. The van der Waals surface area contributed by atoms with E-state index in [1.807, 2.05) is 0 Å². The Labute approximate surface area is 201 Å². The fraction of sp³-hybridized carbons (Fsp3) is 0.154. The fourth-order valence-corrected chi connectivity index (χ4v) is 4.24. The number of nitrogens with one attached hydrogen (secondary N) is 1. The largest absolute Gasteiger partial charge is 0.464 e. The molecule has 172 valence electrons. The normalized spacial score (nSPS) is 19.4. The molecule has 34 heavy (non-hydrogen) atoms. The minimum Gasteiger partial charge on any atom is -0.464 e. The highest BCUT2D eigenvalue weighted by Gasteiger charge is 2.49. The van der Waals surface area contributed by atoms with Crippen LogP contribution in [0.25, 0.3) is 0 Å². The van der Waals surface area contributed by atoms with Crippen LogP contribution < -0.4 is 5.32 Å². The van der Waals surface area contributed by atoms with Crippen molar-refractivity contribution in [1.82, 2.24) is 5.32 Å². The Morgan fingerprint density at radius 1 is 1.06 bits per heavy atom. The van der Waals surface area contributed by atoms with E-state index >= 15 is 0 Å². The number of Topliss-reactive ketones (excluding diaryl/α,β-unsaturated/α-hetero) is 1. The van der Waals surface area contributed by atoms with Gasteiger partial charge in [0.05, 0.1) is 17.6 Å². The van der Waals surface area contributed by atoms with Crippen molar-refractivity contribution in [2.24, 2.45) is 0 Å². The number of rotatable bonds is 7. The van der Waals surface area contributed by atoms with E-state index in [-0.39, 0.29) is 18.1 Å². The van der Waals surface area contributed by atoms with E-state index in [1.165, 1.54) is 12.1 Å². The van der Waals surface area contributed by atoms with Crippen LogP contribution in [0.15, 0.2) is 90.5 Å². The van der Waals surface area contributed by atoms with Crippen LogP contribution in [0.5, 0.6) is 0 Å². The van der Waals surface area contributed by atoms with E-state index in [1.54, 1.807) is 79.7 Å². The van der Waals surface area contributed by atoms with Gasteiger partial charge in [-0.25, -0.2) is 4.79 Å². The Bertz CT molecular complexity index is 1270. The Kier molecular flexibility index (Phi) is 6.58. The molecule has 2 atom stereocenters. The average molecular weight is 477 g/mol. The number of ether oxygens (including phenoxy) is 1.